The summed E-state index contributed by atoms with van der Waals surface area (Å²) in [5, 5.41) is 12.9. The van der Waals surface area contributed by atoms with Gasteiger partial charge in [0, 0.05) is 52.4 Å². The van der Waals surface area contributed by atoms with Gasteiger partial charge in [0.25, 0.3) is 10.1 Å². The van der Waals surface area contributed by atoms with E-state index in [2.05, 4.69) is 21.3 Å². The molecule has 2 heterocycles. The van der Waals surface area contributed by atoms with Gasteiger partial charge in [-0.1, -0.05) is 0 Å². The van der Waals surface area contributed by atoms with E-state index in [-0.39, 0.29) is 5.75 Å². The number of hydrogen-bond acceptors (Lipinski definition) is 6. The molecule has 7 nitrogen and oxygen atoms in total. The molecule has 0 aromatic heterocycles. The quantitative estimate of drug-likeness (QED) is 0.364. The van der Waals surface area contributed by atoms with E-state index in [1.807, 2.05) is 0 Å². The molecule has 0 saturated carbocycles. The fourth-order valence-corrected chi connectivity index (χ4v) is 1.21. The summed E-state index contributed by atoms with van der Waals surface area (Å²) in [6.45, 7) is 10.5. The second kappa shape index (κ2) is 11.8. The van der Waals surface area contributed by atoms with Crippen LogP contribution in [0.4, 0.5) is 0 Å². The Hall–Kier alpha value is -0.250. The van der Waals surface area contributed by atoms with Gasteiger partial charge in [-0.2, -0.15) is 8.42 Å². The monoisotopic (exact) mass is 282 g/mol. The van der Waals surface area contributed by atoms with Crippen molar-refractivity contribution in [1.29, 1.82) is 0 Å². The Bertz CT molecular complexity index is 229. The number of rotatable bonds is 1. The van der Waals surface area contributed by atoms with Gasteiger partial charge in [-0.05, 0) is 6.92 Å². The Morgan fingerprint density at radius 3 is 1.00 bits per heavy atom. The maximum absolute atomic E-state index is 9.56. The molecule has 0 amide bonds. The third kappa shape index (κ3) is 15.8. The van der Waals surface area contributed by atoms with Crippen molar-refractivity contribution >= 4 is 10.1 Å². The fraction of sp³-hybridized carbons (Fsp3) is 1.00. The van der Waals surface area contributed by atoms with Crippen molar-refractivity contribution in [3.8, 4) is 0 Å². The van der Waals surface area contributed by atoms with E-state index in [1.54, 1.807) is 0 Å². The van der Waals surface area contributed by atoms with E-state index in [0.29, 0.717) is 0 Å². The Kier molecular flexibility index (Phi) is 11.7. The van der Waals surface area contributed by atoms with Gasteiger partial charge in [0.2, 0.25) is 0 Å². The Labute approximate surface area is 110 Å². The zero-order valence-electron chi connectivity index (χ0n) is 11.0. The third-order valence-electron chi connectivity index (χ3n) is 2.28. The highest BCUT2D eigenvalue weighted by Gasteiger charge is 1.93. The SMILES string of the molecule is C1CNCCN1.C1CNCCN1.CCS(=O)(=O)O. The first-order chi connectivity index (χ1) is 8.56. The van der Waals surface area contributed by atoms with Crippen LogP contribution in [0.3, 0.4) is 0 Å². The summed E-state index contributed by atoms with van der Waals surface area (Å²) in [4.78, 5) is 0. The molecule has 0 unspecified atom stereocenters. The first-order valence-corrected chi connectivity index (χ1v) is 7.95. The van der Waals surface area contributed by atoms with E-state index >= 15 is 0 Å². The first kappa shape index (κ1) is 17.8. The van der Waals surface area contributed by atoms with Crippen LogP contribution in [0, 0.1) is 0 Å². The molecule has 5 N–H and O–H groups in total. The predicted molar refractivity (Wildman–Crippen MR) is 73.6 cm³/mol. The number of nitrogens with one attached hydrogen (secondary N) is 4. The van der Waals surface area contributed by atoms with Crippen LogP contribution in [-0.4, -0.2) is 71.1 Å². The molecule has 2 fully saturated rings. The van der Waals surface area contributed by atoms with E-state index in [0.717, 1.165) is 52.4 Å². The summed E-state index contributed by atoms with van der Waals surface area (Å²) in [6, 6.07) is 0. The maximum atomic E-state index is 9.56. The van der Waals surface area contributed by atoms with Gasteiger partial charge >= 0.3 is 0 Å². The van der Waals surface area contributed by atoms with Crippen molar-refractivity contribution in [2.45, 2.75) is 6.92 Å². The molecule has 18 heavy (non-hydrogen) atoms. The summed E-state index contributed by atoms with van der Waals surface area (Å²) in [6.07, 6.45) is 0. The predicted octanol–water partition coefficient (Wildman–Crippen LogP) is -1.75. The van der Waals surface area contributed by atoms with Gasteiger partial charge in [0.1, 0.15) is 0 Å². The standard InChI is InChI=1S/2C4H10N2.C2H6O3S/c2*1-2-6-4-3-5-1;1-2-6(3,4)5/h2*5-6H,1-4H2;2H2,1H3,(H,3,4,5). The fourth-order valence-electron chi connectivity index (χ4n) is 1.21. The van der Waals surface area contributed by atoms with E-state index < -0.39 is 10.1 Å². The minimum Gasteiger partial charge on any atom is -0.314 e. The zero-order valence-corrected chi connectivity index (χ0v) is 11.9. The van der Waals surface area contributed by atoms with E-state index in [9.17, 15) is 8.42 Å². The first-order valence-electron chi connectivity index (χ1n) is 6.34. The molecule has 2 rings (SSSR count). The van der Waals surface area contributed by atoms with Crippen LogP contribution < -0.4 is 21.3 Å². The van der Waals surface area contributed by atoms with Gasteiger partial charge in [-0.3, -0.25) is 4.55 Å². The van der Waals surface area contributed by atoms with Crippen LogP contribution in [0.25, 0.3) is 0 Å². The second-order valence-electron chi connectivity index (χ2n) is 3.87. The van der Waals surface area contributed by atoms with Gasteiger partial charge in [-0.15, -0.1) is 0 Å². The van der Waals surface area contributed by atoms with Crippen LogP contribution in [-0.2, 0) is 10.1 Å². The van der Waals surface area contributed by atoms with Crippen molar-refractivity contribution in [2.24, 2.45) is 0 Å². The van der Waals surface area contributed by atoms with Gasteiger partial charge in [-0.25, -0.2) is 0 Å². The van der Waals surface area contributed by atoms with Crippen LogP contribution in [0.5, 0.6) is 0 Å². The number of hydrogen-bond donors (Lipinski definition) is 5. The lowest BCUT2D eigenvalue weighted by molar-refractivity contribution is 0.484. The van der Waals surface area contributed by atoms with Crippen LogP contribution in [0.2, 0.25) is 0 Å². The zero-order chi connectivity index (χ0) is 13.7. The molecule has 0 spiro atoms. The van der Waals surface area contributed by atoms with Crippen molar-refractivity contribution < 1.29 is 13.0 Å². The van der Waals surface area contributed by atoms with Crippen LogP contribution >= 0.6 is 0 Å². The normalized spacial score (nSPS) is 19.9. The summed E-state index contributed by atoms with van der Waals surface area (Å²) in [5.74, 6) is -0.201. The summed E-state index contributed by atoms with van der Waals surface area (Å²) in [5.41, 5.74) is 0. The largest absolute Gasteiger partial charge is 0.314 e. The summed E-state index contributed by atoms with van der Waals surface area (Å²) in [7, 11) is -3.66. The molecule has 0 radical (unpaired) electrons. The summed E-state index contributed by atoms with van der Waals surface area (Å²) < 4.78 is 26.9. The Morgan fingerprint density at radius 2 is 0.944 bits per heavy atom. The van der Waals surface area contributed by atoms with Gasteiger partial charge < -0.3 is 21.3 Å². The van der Waals surface area contributed by atoms with Crippen molar-refractivity contribution in [1.82, 2.24) is 21.3 Å². The highest BCUT2D eigenvalue weighted by atomic mass is 32.2. The van der Waals surface area contributed by atoms with Crippen LogP contribution in [0.1, 0.15) is 6.92 Å². The highest BCUT2D eigenvalue weighted by Crippen LogP contribution is 1.74. The molecule has 0 atom stereocenters. The molecule has 2 aliphatic heterocycles. The molecule has 8 heteroatoms. The number of piperazine rings is 2. The van der Waals surface area contributed by atoms with Crippen molar-refractivity contribution in [3.05, 3.63) is 0 Å². The minimum atomic E-state index is -3.66. The molecule has 0 aliphatic carbocycles. The smallest absolute Gasteiger partial charge is 0.264 e. The van der Waals surface area contributed by atoms with Crippen molar-refractivity contribution in [3.63, 3.8) is 0 Å². The second-order valence-corrected chi connectivity index (χ2v) is 5.61. The molecule has 2 aliphatic rings. The molecule has 0 aromatic rings. The average Bonchev–Trinajstić information content (AvgIpc) is 2.43. The topological polar surface area (TPSA) is 102 Å². The van der Waals surface area contributed by atoms with Gasteiger partial charge in [0.15, 0.2) is 0 Å². The van der Waals surface area contributed by atoms with E-state index in [1.165, 1.54) is 6.92 Å². The Morgan fingerprint density at radius 1 is 0.778 bits per heavy atom. The minimum absolute atomic E-state index is 0.201. The van der Waals surface area contributed by atoms with Crippen molar-refractivity contribution in [2.75, 3.05) is 58.1 Å². The summed E-state index contributed by atoms with van der Waals surface area (Å²) >= 11 is 0. The molecule has 110 valence electrons. The molecule has 0 bridgehead atoms. The third-order valence-corrected chi connectivity index (χ3v) is 3.01. The van der Waals surface area contributed by atoms with E-state index in [4.69, 9.17) is 4.55 Å². The van der Waals surface area contributed by atoms with Gasteiger partial charge in [0.05, 0.1) is 5.75 Å². The molecule has 0 aromatic carbocycles. The molecular formula is C10H26N4O3S. The lowest BCUT2D eigenvalue weighted by atomic mass is 10.4. The van der Waals surface area contributed by atoms with Crippen LogP contribution in [0.15, 0.2) is 0 Å². The Balaban J connectivity index is 0.000000241. The average molecular weight is 282 g/mol. The lowest BCUT2D eigenvalue weighted by Crippen LogP contribution is -2.39. The molecular weight excluding hydrogens is 256 g/mol. The maximum Gasteiger partial charge on any atom is 0.264 e. The molecule has 2 saturated heterocycles. The lowest BCUT2D eigenvalue weighted by Gasteiger charge is -2.11. The highest BCUT2D eigenvalue weighted by molar-refractivity contribution is 7.85.